The summed E-state index contributed by atoms with van der Waals surface area (Å²) < 4.78 is 12.1. The summed E-state index contributed by atoms with van der Waals surface area (Å²) in [5.41, 5.74) is 1.77. The Hall–Kier alpha value is -4.20. The third-order valence-electron chi connectivity index (χ3n) is 5.39. The van der Waals surface area contributed by atoms with Gasteiger partial charge in [0.15, 0.2) is 29.1 Å². The molecular formula is C24H22O8. The lowest BCUT2D eigenvalue weighted by Gasteiger charge is -2.35. The maximum atomic E-state index is 10.3. The third-order valence-corrected chi connectivity index (χ3v) is 5.39. The number of phenolic OH excluding ortho intramolecular Hbond substituents is 6. The Labute approximate surface area is 183 Å². The first-order valence-electron chi connectivity index (χ1n) is 9.76. The number of rotatable bonds is 4. The molecule has 0 unspecified atom stereocenters. The second-order valence-corrected chi connectivity index (χ2v) is 7.67. The third kappa shape index (κ3) is 3.78. The molecule has 1 aliphatic rings. The van der Waals surface area contributed by atoms with Gasteiger partial charge in [0.25, 0.3) is 0 Å². The van der Waals surface area contributed by atoms with Gasteiger partial charge in [-0.25, -0.2) is 0 Å². The van der Waals surface area contributed by atoms with Crippen molar-refractivity contribution in [3.8, 4) is 40.2 Å². The Kier molecular flexibility index (Phi) is 5.14. The first-order valence-corrected chi connectivity index (χ1v) is 9.76. The summed E-state index contributed by atoms with van der Waals surface area (Å²) in [6, 6.07) is 9.70. The highest BCUT2D eigenvalue weighted by Crippen LogP contribution is 2.45. The molecule has 4 rings (SSSR count). The zero-order valence-electron chi connectivity index (χ0n) is 17.1. The van der Waals surface area contributed by atoms with E-state index in [-0.39, 0.29) is 52.4 Å². The quantitative estimate of drug-likeness (QED) is 0.266. The fourth-order valence-corrected chi connectivity index (χ4v) is 3.72. The van der Waals surface area contributed by atoms with Crippen LogP contribution in [0.5, 0.6) is 40.2 Å². The van der Waals surface area contributed by atoms with Crippen LogP contribution < -0.4 is 4.74 Å². The summed E-state index contributed by atoms with van der Waals surface area (Å²) >= 11 is 0. The van der Waals surface area contributed by atoms with Gasteiger partial charge in [-0.2, -0.15) is 0 Å². The summed E-state index contributed by atoms with van der Waals surface area (Å²) in [6.07, 6.45) is -1.35. The number of phenols is 6. The van der Waals surface area contributed by atoms with Crippen molar-refractivity contribution >= 4 is 5.76 Å². The number of fused-ring (bicyclic) bond motifs is 1. The number of hydrogen-bond acceptors (Lipinski definition) is 8. The Morgan fingerprint density at radius 3 is 2.34 bits per heavy atom. The van der Waals surface area contributed by atoms with Crippen LogP contribution in [-0.2, 0) is 11.2 Å². The number of benzene rings is 3. The molecule has 3 aromatic rings. The Morgan fingerprint density at radius 1 is 0.906 bits per heavy atom. The average molecular weight is 438 g/mol. The van der Waals surface area contributed by atoms with Crippen molar-refractivity contribution < 1.29 is 40.1 Å². The van der Waals surface area contributed by atoms with Gasteiger partial charge in [-0.1, -0.05) is 12.6 Å². The van der Waals surface area contributed by atoms with E-state index in [0.717, 1.165) is 0 Å². The van der Waals surface area contributed by atoms with Gasteiger partial charge in [-0.05, 0) is 36.8 Å². The van der Waals surface area contributed by atoms with E-state index in [1.165, 1.54) is 30.3 Å². The van der Waals surface area contributed by atoms with Crippen molar-refractivity contribution in [2.75, 3.05) is 0 Å². The number of aromatic hydroxyl groups is 6. The highest BCUT2D eigenvalue weighted by Gasteiger charge is 2.36. The van der Waals surface area contributed by atoms with Crippen molar-refractivity contribution in [2.45, 2.75) is 25.6 Å². The van der Waals surface area contributed by atoms with E-state index in [2.05, 4.69) is 6.58 Å². The lowest BCUT2D eigenvalue weighted by atomic mass is 9.93. The maximum absolute atomic E-state index is 10.3. The molecule has 0 saturated carbocycles. The lowest BCUT2D eigenvalue weighted by Crippen LogP contribution is -2.32. The zero-order chi connectivity index (χ0) is 23.2. The summed E-state index contributed by atoms with van der Waals surface area (Å²) in [4.78, 5) is 0. The number of aryl methyl sites for hydroxylation is 1. The highest BCUT2D eigenvalue weighted by atomic mass is 16.5. The predicted molar refractivity (Wildman–Crippen MR) is 115 cm³/mol. The van der Waals surface area contributed by atoms with Crippen LogP contribution in [-0.4, -0.2) is 36.7 Å². The van der Waals surface area contributed by atoms with E-state index in [4.69, 9.17) is 9.47 Å². The summed E-state index contributed by atoms with van der Waals surface area (Å²) in [6.45, 7) is 5.54. The van der Waals surface area contributed by atoms with Crippen molar-refractivity contribution in [2.24, 2.45) is 0 Å². The molecule has 3 aromatic carbocycles. The molecule has 0 amide bonds. The van der Waals surface area contributed by atoms with Crippen molar-refractivity contribution in [3.63, 3.8) is 0 Å². The van der Waals surface area contributed by atoms with Crippen LogP contribution in [0.1, 0.15) is 28.4 Å². The molecule has 32 heavy (non-hydrogen) atoms. The average Bonchev–Trinajstić information content (AvgIpc) is 2.73. The van der Waals surface area contributed by atoms with Crippen molar-refractivity contribution in [1.82, 2.24) is 0 Å². The normalized spacial score (nSPS) is 17.3. The minimum absolute atomic E-state index is 0.163. The smallest absolute Gasteiger partial charge is 0.161 e. The topological polar surface area (TPSA) is 140 Å². The van der Waals surface area contributed by atoms with E-state index >= 15 is 0 Å². The molecule has 0 radical (unpaired) electrons. The lowest BCUT2D eigenvalue weighted by molar-refractivity contribution is 0.0195. The minimum Gasteiger partial charge on any atom is -0.508 e. The maximum Gasteiger partial charge on any atom is 0.161 e. The second-order valence-electron chi connectivity index (χ2n) is 7.67. The summed E-state index contributed by atoms with van der Waals surface area (Å²) in [5, 5.41) is 59.5. The largest absolute Gasteiger partial charge is 0.508 e. The fourth-order valence-electron chi connectivity index (χ4n) is 3.72. The van der Waals surface area contributed by atoms with E-state index < -0.39 is 12.2 Å². The first-order chi connectivity index (χ1) is 15.1. The van der Waals surface area contributed by atoms with E-state index in [9.17, 15) is 30.6 Å². The molecule has 6 N–H and O–H groups in total. The van der Waals surface area contributed by atoms with Crippen LogP contribution in [0.15, 0.2) is 49.0 Å². The highest BCUT2D eigenvalue weighted by molar-refractivity contribution is 5.63. The molecule has 8 nitrogen and oxygen atoms in total. The van der Waals surface area contributed by atoms with Crippen LogP contribution in [0.2, 0.25) is 0 Å². The summed E-state index contributed by atoms with van der Waals surface area (Å²) in [5.74, 6) is -1.08. The van der Waals surface area contributed by atoms with E-state index in [1.54, 1.807) is 19.1 Å². The van der Waals surface area contributed by atoms with Crippen LogP contribution in [0.25, 0.3) is 5.76 Å². The van der Waals surface area contributed by atoms with Crippen LogP contribution >= 0.6 is 0 Å². The van der Waals surface area contributed by atoms with Gasteiger partial charge in [0.1, 0.15) is 29.1 Å². The second kappa shape index (κ2) is 7.81. The van der Waals surface area contributed by atoms with Gasteiger partial charge in [0, 0.05) is 35.2 Å². The Balaban J connectivity index is 1.72. The van der Waals surface area contributed by atoms with E-state index in [1.807, 2.05) is 0 Å². The first kappa shape index (κ1) is 21.0. The fraction of sp³-hybridized carbons (Fsp3) is 0.167. The monoisotopic (exact) mass is 438 g/mol. The van der Waals surface area contributed by atoms with Gasteiger partial charge in [0.05, 0.1) is 0 Å². The van der Waals surface area contributed by atoms with Crippen molar-refractivity contribution in [3.05, 3.63) is 71.3 Å². The Morgan fingerprint density at radius 2 is 1.66 bits per heavy atom. The molecule has 2 atom stereocenters. The van der Waals surface area contributed by atoms with Crippen LogP contribution in [0, 0.1) is 6.92 Å². The molecule has 1 aliphatic heterocycles. The van der Waals surface area contributed by atoms with Gasteiger partial charge >= 0.3 is 0 Å². The van der Waals surface area contributed by atoms with Gasteiger partial charge in [-0.3, -0.25) is 0 Å². The zero-order valence-corrected chi connectivity index (χ0v) is 17.1. The molecule has 0 aliphatic carbocycles. The molecule has 0 aromatic heterocycles. The predicted octanol–water partition coefficient (Wildman–Crippen LogP) is 3.96. The number of ether oxygens (including phenoxy) is 2. The van der Waals surface area contributed by atoms with Gasteiger partial charge in [0.2, 0.25) is 0 Å². The van der Waals surface area contributed by atoms with E-state index in [0.29, 0.717) is 22.3 Å². The van der Waals surface area contributed by atoms with Gasteiger partial charge in [-0.15, -0.1) is 0 Å². The molecule has 1 heterocycles. The SMILES string of the molecule is C=C(O[C@@H]1Cc2c(O)cc(O)cc2O[C@@H]1c1ccc(O)c(O)c1)c1cc(C)c(O)c(O)c1. The van der Waals surface area contributed by atoms with Crippen molar-refractivity contribution in [1.29, 1.82) is 0 Å². The standard InChI is InChI=1S/C24H22O8/c1-11-5-14(7-20(29)23(11)30)12(2)31-22-10-16-18(27)8-15(25)9-21(16)32-24(22)13-3-4-17(26)19(28)6-13/h3-9,22,24-30H,2,10H2,1H3/t22-,24-/m1/s1. The summed E-state index contributed by atoms with van der Waals surface area (Å²) in [7, 11) is 0. The van der Waals surface area contributed by atoms with Crippen LogP contribution in [0.3, 0.4) is 0 Å². The van der Waals surface area contributed by atoms with Crippen LogP contribution in [0.4, 0.5) is 0 Å². The molecule has 166 valence electrons. The Bertz CT molecular complexity index is 1190. The molecular weight excluding hydrogens is 416 g/mol. The molecule has 0 spiro atoms. The molecule has 0 saturated heterocycles. The minimum atomic E-state index is -0.793. The number of hydrogen-bond donors (Lipinski definition) is 6. The van der Waals surface area contributed by atoms with Gasteiger partial charge < -0.3 is 40.1 Å². The molecule has 0 bridgehead atoms. The molecule has 0 fully saturated rings. The molecule has 8 heteroatoms.